The number of carbonyl (C=O) groups is 2. The second-order valence-corrected chi connectivity index (χ2v) is 7.14. The lowest BCUT2D eigenvalue weighted by Gasteiger charge is -2.14. The number of amides is 1. The molecule has 0 unspecified atom stereocenters. The predicted molar refractivity (Wildman–Crippen MR) is 123 cm³/mol. The fourth-order valence-corrected chi connectivity index (χ4v) is 3.23. The largest absolute Gasteiger partial charge is 0.497 e. The van der Waals surface area contributed by atoms with E-state index in [2.05, 4.69) is 10.1 Å². The lowest BCUT2D eigenvalue weighted by Crippen LogP contribution is -2.14. The van der Waals surface area contributed by atoms with Gasteiger partial charge in [-0.1, -0.05) is 0 Å². The molecule has 0 aliphatic carbocycles. The van der Waals surface area contributed by atoms with Crippen molar-refractivity contribution in [2.45, 2.75) is 6.92 Å². The average molecular weight is 536 g/mol. The molecule has 2 rings (SSSR count). The fourth-order valence-electron chi connectivity index (χ4n) is 2.45. The van der Waals surface area contributed by atoms with Crippen LogP contribution in [0.25, 0.3) is 6.08 Å². The van der Waals surface area contributed by atoms with E-state index in [1.807, 2.05) is 35.6 Å². The molecule has 1 amide bonds. The van der Waals surface area contributed by atoms with E-state index in [1.165, 1.54) is 13.2 Å². The Labute approximate surface area is 193 Å². The molecule has 0 aromatic heterocycles. The molecule has 8 nitrogen and oxygen atoms in total. The molecule has 2 aromatic carbocycles. The number of rotatable bonds is 9. The van der Waals surface area contributed by atoms with Gasteiger partial charge in [-0.3, -0.25) is 4.79 Å². The summed E-state index contributed by atoms with van der Waals surface area (Å²) in [6.45, 7) is 1.90. The summed E-state index contributed by atoms with van der Waals surface area (Å²) in [5, 5.41) is 12.2. The number of nitrogens with zero attached hydrogens (tertiary/aromatic N) is 1. The zero-order valence-corrected chi connectivity index (χ0v) is 19.4. The Morgan fingerprint density at radius 3 is 2.45 bits per heavy atom. The van der Waals surface area contributed by atoms with Crippen LogP contribution in [0.2, 0.25) is 0 Å². The van der Waals surface area contributed by atoms with Crippen LogP contribution in [-0.2, 0) is 14.3 Å². The van der Waals surface area contributed by atoms with Gasteiger partial charge < -0.3 is 24.3 Å². The maximum Gasteiger partial charge on any atom is 0.343 e. The summed E-state index contributed by atoms with van der Waals surface area (Å²) in [7, 11) is 2.82. The first kappa shape index (κ1) is 24.0. The number of benzene rings is 2. The van der Waals surface area contributed by atoms with E-state index in [4.69, 9.17) is 14.2 Å². The van der Waals surface area contributed by atoms with Crippen molar-refractivity contribution in [3.63, 3.8) is 0 Å². The zero-order chi connectivity index (χ0) is 22.8. The van der Waals surface area contributed by atoms with Crippen molar-refractivity contribution in [1.29, 1.82) is 5.26 Å². The third-order valence-electron chi connectivity index (χ3n) is 3.92. The highest BCUT2D eigenvalue weighted by molar-refractivity contribution is 14.1. The summed E-state index contributed by atoms with van der Waals surface area (Å²) in [4.78, 5) is 23.9. The van der Waals surface area contributed by atoms with Crippen LogP contribution in [0.3, 0.4) is 0 Å². The third-order valence-corrected chi connectivity index (χ3v) is 4.72. The van der Waals surface area contributed by atoms with Gasteiger partial charge in [0.15, 0.2) is 18.1 Å². The van der Waals surface area contributed by atoms with Crippen molar-refractivity contribution < 1.29 is 28.5 Å². The Bertz CT molecular complexity index is 1010. The monoisotopic (exact) mass is 536 g/mol. The maximum absolute atomic E-state index is 12.5. The second-order valence-electron chi connectivity index (χ2n) is 5.98. The van der Waals surface area contributed by atoms with Gasteiger partial charge >= 0.3 is 5.97 Å². The summed E-state index contributed by atoms with van der Waals surface area (Å²) in [6, 6.07) is 12.0. The molecule has 31 heavy (non-hydrogen) atoms. The number of esters is 1. The van der Waals surface area contributed by atoms with E-state index in [9.17, 15) is 14.9 Å². The minimum atomic E-state index is -0.549. The first-order chi connectivity index (χ1) is 14.9. The van der Waals surface area contributed by atoms with Gasteiger partial charge in [-0.25, -0.2) is 4.79 Å². The molecule has 0 aliphatic rings. The SMILES string of the molecule is CCOc1cc(/C=C(\C#N)C(=O)Nc2ccc(OC)cc2)cc(I)c1OCC(=O)OC. The van der Waals surface area contributed by atoms with Gasteiger partial charge in [-0.2, -0.15) is 5.26 Å². The van der Waals surface area contributed by atoms with Gasteiger partial charge in [0.05, 0.1) is 24.4 Å². The Morgan fingerprint density at radius 1 is 1.16 bits per heavy atom. The summed E-state index contributed by atoms with van der Waals surface area (Å²) < 4.78 is 21.5. The van der Waals surface area contributed by atoms with Crippen LogP contribution in [0, 0.1) is 14.9 Å². The quantitative estimate of drug-likeness (QED) is 0.225. The minimum Gasteiger partial charge on any atom is -0.497 e. The molecular weight excluding hydrogens is 515 g/mol. The molecule has 0 aliphatic heterocycles. The van der Waals surface area contributed by atoms with E-state index >= 15 is 0 Å². The van der Waals surface area contributed by atoms with E-state index in [-0.39, 0.29) is 12.2 Å². The van der Waals surface area contributed by atoms with Gasteiger partial charge in [0.1, 0.15) is 17.4 Å². The number of halogens is 1. The minimum absolute atomic E-state index is 0.0858. The topological polar surface area (TPSA) is 107 Å². The number of nitrogens with one attached hydrogen (secondary N) is 1. The van der Waals surface area contributed by atoms with Crippen molar-refractivity contribution in [2.24, 2.45) is 0 Å². The van der Waals surface area contributed by atoms with Gasteiger partial charge in [0.25, 0.3) is 5.91 Å². The Hall–Kier alpha value is -3.26. The first-order valence-electron chi connectivity index (χ1n) is 9.15. The van der Waals surface area contributed by atoms with Crippen LogP contribution >= 0.6 is 22.6 Å². The molecule has 0 radical (unpaired) electrons. The summed E-state index contributed by atoms with van der Waals surface area (Å²) >= 11 is 2.03. The molecular formula is C22H21IN2O6. The van der Waals surface area contributed by atoms with Crippen molar-refractivity contribution in [2.75, 3.05) is 32.8 Å². The van der Waals surface area contributed by atoms with Crippen molar-refractivity contribution in [3.05, 3.63) is 51.1 Å². The van der Waals surface area contributed by atoms with E-state index in [1.54, 1.807) is 43.5 Å². The molecule has 162 valence electrons. The van der Waals surface area contributed by atoms with Crippen molar-refractivity contribution >= 4 is 46.2 Å². The van der Waals surface area contributed by atoms with Crippen LogP contribution in [0.4, 0.5) is 5.69 Å². The van der Waals surface area contributed by atoms with Gasteiger partial charge in [0.2, 0.25) is 0 Å². The number of nitriles is 1. The highest BCUT2D eigenvalue weighted by Gasteiger charge is 2.16. The van der Waals surface area contributed by atoms with Gasteiger partial charge in [-0.05, 0) is 77.6 Å². The number of ether oxygens (including phenoxy) is 4. The maximum atomic E-state index is 12.5. The second kappa shape index (κ2) is 11.8. The third kappa shape index (κ3) is 6.89. The van der Waals surface area contributed by atoms with E-state index in [0.29, 0.717) is 38.7 Å². The van der Waals surface area contributed by atoms with Gasteiger partial charge in [0, 0.05) is 5.69 Å². The van der Waals surface area contributed by atoms with Gasteiger partial charge in [-0.15, -0.1) is 0 Å². The molecule has 0 saturated carbocycles. The molecule has 0 heterocycles. The fraction of sp³-hybridized carbons (Fsp3) is 0.227. The van der Waals surface area contributed by atoms with Crippen LogP contribution in [0.1, 0.15) is 12.5 Å². The molecule has 0 spiro atoms. The smallest absolute Gasteiger partial charge is 0.343 e. The van der Waals surface area contributed by atoms with Crippen LogP contribution < -0.4 is 19.5 Å². The Morgan fingerprint density at radius 2 is 1.87 bits per heavy atom. The molecule has 2 aromatic rings. The van der Waals surface area contributed by atoms with Crippen molar-refractivity contribution in [1.82, 2.24) is 0 Å². The van der Waals surface area contributed by atoms with Crippen LogP contribution in [-0.4, -0.2) is 39.3 Å². The Balaban J connectivity index is 2.28. The zero-order valence-electron chi connectivity index (χ0n) is 17.2. The number of methoxy groups -OCH3 is 2. The Kier molecular flexibility index (Phi) is 9.14. The molecule has 0 saturated heterocycles. The normalized spacial score (nSPS) is 10.6. The predicted octanol–water partition coefficient (Wildman–Crippen LogP) is 3.80. The van der Waals surface area contributed by atoms with Crippen LogP contribution in [0.15, 0.2) is 42.0 Å². The number of hydrogen-bond acceptors (Lipinski definition) is 7. The summed E-state index contributed by atoms with van der Waals surface area (Å²) in [5.74, 6) is 0.348. The molecule has 0 bridgehead atoms. The van der Waals surface area contributed by atoms with Crippen LogP contribution in [0.5, 0.6) is 17.2 Å². The number of carbonyl (C=O) groups excluding carboxylic acids is 2. The molecule has 9 heteroatoms. The number of anilines is 1. The van der Waals surface area contributed by atoms with E-state index < -0.39 is 11.9 Å². The average Bonchev–Trinajstić information content (AvgIpc) is 2.77. The molecule has 0 atom stereocenters. The highest BCUT2D eigenvalue weighted by atomic mass is 127. The van der Waals surface area contributed by atoms with Crippen molar-refractivity contribution in [3.8, 4) is 23.3 Å². The standard InChI is InChI=1S/C22H21IN2O6/c1-4-30-19-11-14(10-18(23)21(19)31-13-20(26)29-3)9-15(12-24)22(27)25-16-5-7-17(28-2)8-6-16/h5-11H,4,13H2,1-3H3,(H,25,27)/b15-9+. The number of hydrogen-bond donors (Lipinski definition) is 1. The van der Waals surface area contributed by atoms with E-state index in [0.717, 1.165) is 0 Å². The molecule has 0 fully saturated rings. The lowest BCUT2D eigenvalue weighted by molar-refractivity contribution is -0.142. The lowest BCUT2D eigenvalue weighted by atomic mass is 10.1. The molecule has 1 N–H and O–H groups in total. The summed E-state index contributed by atoms with van der Waals surface area (Å²) in [6.07, 6.45) is 1.45. The summed E-state index contributed by atoms with van der Waals surface area (Å²) in [5.41, 5.74) is 1.01. The highest BCUT2D eigenvalue weighted by Crippen LogP contribution is 2.35. The first-order valence-corrected chi connectivity index (χ1v) is 10.2.